The zero-order valence-corrected chi connectivity index (χ0v) is 12.9. The molecule has 0 aliphatic rings. The average molecular weight is 263 g/mol. The molecule has 0 aromatic carbocycles. The first kappa shape index (κ1) is 16.7. The molecule has 0 bridgehead atoms. The van der Waals surface area contributed by atoms with Gasteiger partial charge in [-0.1, -0.05) is 52.4 Å². The van der Waals surface area contributed by atoms with Crippen molar-refractivity contribution in [2.45, 2.75) is 65.2 Å². The van der Waals surface area contributed by atoms with Gasteiger partial charge in [-0.05, 0) is 36.0 Å². The fourth-order valence-electron chi connectivity index (χ4n) is 1.60. The molecule has 0 fully saturated rings. The van der Waals surface area contributed by atoms with Gasteiger partial charge in [-0.2, -0.15) is 24.4 Å². The van der Waals surface area contributed by atoms with Gasteiger partial charge in [-0.25, -0.2) is 0 Å². The smallest absolute Gasteiger partial charge is 0.00419 e. The van der Waals surface area contributed by atoms with E-state index < -0.39 is 0 Å². The molecule has 0 aliphatic heterocycles. The molecule has 2 heteroatoms. The average Bonchev–Trinajstić information content (AvgIpc) is 2.31. The molecule has 0 spiro atoms. The third kappa shape index (κ3) is 12.8. The molecule has 0 rings (SSSR count). The highest BCUT2D eigenvalue weighted by atomic mass is 32.2. The van der Waals surface area contributed by atoms with Crippen molar-refractivity contribution in [3.8, 4) is 0 Å². The maximum Gasteiger partial charge on any atom is -0.00419 e. The Morgan fingerprint density at radius 2 is 1.50 bits per heavy atom. The monoisotopic (exact) mass is 262 g/mol. The van der Waals surface area contributed by atoms with Crippen molar-refractivity contribution in [1.82, 2.24) is 0 Å². The molecular weight excluding hydrogens is 232 g/mol. The number of hydrogen-bond donors (Lipinski definition) is 1. The summed E-state index contributed by atoms with van der Waals surface area (Å²) in [5.41, 5.74) is 0. The van der Waals surface area contributed by atoms with Crippen LogP contribution in [-0.2, 0) is 0 Å². The second kappa shape index (κ2) is 13.8. The predicted molar refractivity (Wildman–Crippen MR) is 83.0 cm³/mol. The standard InChI is InChI=1S/C14H30S2/c1-3-14(2)13-16-12-10-8-6-4-5-7-9-11-15/h14-15H,3-13H2,1-2H3. The summed E-state index contributed by atoms with van der Waals surface area (Å²) in [7, 11) is 0. The van der Waals surface area contributed by atoms with Crippen molar-refractivity contribution in [1.29, 1.82) is 0 Å². The summed E-state index contributed by atoms with van der Waals surface area (Å²) in [6, 6.07) is 0. The van der Waals surface area contributed by atoms with E-state index in [1.807, 2.05) is 0 Å². The minimum Gasteiger partial charge on any atom is -0.179 e. The van der Waals surface area contributed by atoms with Crippen LogP contribution in [0.1, 0.15) is 65.2 Å². The van der Waals surface area contributed by atoms with Crippen LogP contribution in [0.3, 0.4) is 0 Å². The minimum absolute atomic E-state index is 0.909. The van der Waals surface area contributed by atoms with E-state index in [-0.39, 0.29) is 0 Å². The number of thioether (sulfide) groups is 1. The summed E-state index contributed by atoms with van der Waals surface area (Å²) in [5.74, 6) is 4.71. The lowest BCUT2D eigenvalue weighted by molar-refractivity contribution is 0.604. The Kier molecular flexibility index (Phi) is 14.4. The Bertz CT molecular complexity index is 126. The molecule has 0 radical (unpaired) electrons. The van der Waals surface area contributed by atoms with Crippen LogP contribution in [-0.4, -0.2) is 17.3 Å². The molecule has 0 aromatic heterocycles. The van der Waals surface area contributed by atoms with Gasteiger partial charge in [0.15, 0.2) is 0 Å². The third-order valence-corrected chi connectivity index (χ3v) is 4.74. The van der Waals surface area contributed by atoms with Crippen molar-refractivity contribution in [3.05, 3.63) is 0 Å². The van der Waals surface area contributed by atoms with Gasteiger partial charge in [-0.15, -0.1) is 0 Å². The van der Waals surface area contributed by atoms with Gasteiger partial charge in [0.1, 0.15) is 0 Å². The van der Waals surface area contributed by atoms with Crippen LogP contribution in [0.5, 0.6) is 0 Å². The molecule has 0 heterocycles. The zero-order chi connectivity index (χ0) is 12.1. The van der Waals surface area contributed by atoms with Crippen molar-refractivity contribution in [2.24, 2.45) is 5.92 Å². The van der Waals surface area contributed by atoms with Gasteiger partial charge in [0, 0.05) is 0 Å². The van der Waals surface area contributed by atoms with Crippen molar-refractivity contribution >= 4 is 24.4 Å². The molecule has 1 unspecified atom stereocenters. The van der Waals surface area contributed by atoms with Crippen molar-refractivity contribution in [3.63, 3.8) is 0 Å². The lowest BCUT2D eigenvalue weighted by Crippen LogP contribution is -1.96. The number of rotatable bonds is 12. The van der Waals surface area contributed by atoms with Crippen molar-refractivity contribution < 1.29 is 0 Å². The molecule has 0 aliphatic carbocycles. The minimum atomic E-state index is 0.909. The van der Waals surface area contributed by atoms with Crippen LogP contribution < -0.4 is 0 Å². The Morgan fingerprint density at radius 3 is 2.06 bits per heavy atom. The van der Waals surface area contributed by atoms with E-state index in [9.17, 15) is 0 Å². The number of unbranched alkanes of at least 4 members (excludes halogenated alkanes) is 6. The van der Waals surface area contributed by atoms with Crippen molar-refractivity contribution in [2.75, 3.05) is 17.3 Å². The first-order valence-electron chi connectivity index (χ1n) is 6.99. The third-order valence-electron chi connectivity index (χ3n) is 3.05. The highest BCUT2D eigenvalue weighted by Gasteiger charge is 1.98. The molecule has 0 N–H and O–H groups in total. The lowest BCUT2D eigenvalue weighted by atomic mass is 10.1. The normalized spacial score (nSPS) is 12.9. The molecule has 16 heavy (non-hydrogen) atoms. The molecule has 98 valence electrons. The molecule has 0 saturated carbocycles. The van der Waals surface area contributed by atoms with Crippen LogP contribution in [0.25, 0.3) is 0 Å². The highest BCUT2D eigenvalue weighted by Crippen LogP contribution is 2.14. The maximum absolute atomic E-state index is 4.22. The fourth-order valence-corrected chi connectivity index (χ4v) is 3.04. The molecular formula is C14H30S2. The largest absolute Gasteiger partial charge is 0.179 e. The van der Waals surface area contributed by atoms with E-state index in [1.54, 1.807) is 0 Å². The van der Waals surface area contributed by atoms with Gasteiger partial charge in [-0.3, -0.25) is 0 Å². The zero-order valence-electron chi connectivity index (χ0n) is 11.2. The Labute approximate surface area is 113 Å². The van der Waals surface area contributed by atoms with Gasteiger partial charge in [0.2, 0.25) is 0 Å². The highest BCUT2D eigenvalue weighted by molar-refractivity contribution is 7.99. The first-order valence-corrected chi connectivity index (χ1v) is 8.78. The lowest BCUT2D eigenvalue weighted by Gasteiger charge is -2.07. The SMILES string of the molecule is CCC(C)CSCCCCCCCCCS. The molecule has 0 nitrogen and oxygen atoms in total. The summed E-state index contributed by atoms with van der Waals surface area (Å²) in [5, 5.41) is 0. The molecule has 0 saturated heterocycles. The van der Waals surface area contributed by atoms with Gasteiger partial charge < -0.3 is 0 Å². The van der Waals surface area contributed by atoms with Crippen LogP contribution in [0, 0.1) is 5.92 Å². The summed E-state index contributed by atoms with van der Waals surface area (Å²) >= 11 is 6.37. The van der Waals surface area contributed by atoms with Crippen LogP contribution in [0.15, 0.2) is 0 Å². The fraction of sp³-hybridized carbons (Fsp3) is 1.00. The van der Waals surface area contributed by atoms with Gasteiger partial charge in [0.25, 0.3) is 0 Å². The predicted octanol–water partition coefficient (Wildman–Crippen LogP) is 5.43. The van der Waals surface area contributed by atoms with Crippen LogP contribution >= 0.6 is 24.4 Å². The second-order valence-corrected chi connectivity index (χ2v) is 6.38. The quantitative estimate of drug-likeness (QED) is 0.361. The van der Waals surface area contributed by atoms with E-state index >= 15 is 0 Å². The molecule has 1 atom stereocenters. The summed E-state index contributed by atoms with van der Waals surface area (Å²) < 4.78 is 0. The second-order valence-electron chi connectivity index (χ2n) is 4.79. The van der Waals surface area contributed by atoms with Gasteiger partial charge in [0.05, 0.1) is 0 Å². The Morgan fingerprint density at radius 1 is 0.938 bits per heavy atom. The summed E-state index contributed by atoms with van der Waals surface area (Å²) in [6.07, 6.45) is 11.2. The van der Waals surface area contributed by atoms with E-state index in [0.29, 0.717) is 0 Å². The summed E-state index contributed by atoms with van der Waals surface area (Å²) in [4.78, 5) is 0. The van der Waals surface area contributed by atoms with Crippen LogP contribution in [0.2, 0.25) is 0 Å². The van der Waals surface area contributed by atoms with E-state index in [0.717, 1.165) is 11.7 Å². The molecule has 0 aromatic rings. The van der Waals surface area contributed by atoms with E-state index in [2.05, 4.69) is 38.2 Å². The topological polar surface area (TPSA) is 0 Å². The Balaban J connectivity index is 2.93. The van der Waals surface area contributed by atoms with E-state index in [1.165, 1.54) is 62.9 Å². The number of thiol groups is 1. The summed E-state index contributed by atoms with van der Waals surface area (Å²) in [6.45, 7) is 4.64. The van der Waals surface area contributed by atoms with Crippen LogP contribution in [0.4, 0.5) is 0 Å². The molecule has 0 amide bonds. The maximum atomic E-state index is 4.22. The first-order chi connectivity index (χ1) is 7.81. The Hall–Kier alpha value is 0.700. The van der Waals surface area contributed by atoms with Gasteiger partial charge >= 0.3 is 0 Å². The number of hydrogen-bond acceptors (Lipinski definition) is 2. The van der Waals surface area contributed by atoms with E-state index in [4.69, 9.17) is 0 Å².